The van der Waals surface area contributed by atoms with Gasteiger partial charge in [0.05, 0.1) is 24.9 Å². The van der Waals surface area contributed by atoms with Crippen LogP contribution in [0, 0.1) is 18.8 Å². The van der Waals surface area contributed by atoms with Crippen LogP contribution in [0.15, 0.2) is 41.5 Å². The quantitative estimate of drug-likeness (QED) is 0.658. The van der Waals surface area contributed by atoms with Gasteiger partial charge in [0, 0.05) is 38.2 Å². The predicted octanol–water partition coefficient (Wildman–Crippen LogP) is 2.73. The van der Waals surface area contributed by atoms with E-state index in [0.717, 1.165) is 55.3 Å². The van der Waals surface area contributed by atoms with Crippen LogP contribution in [0.2, 0.25) is 0 Å². The highest BCUT2D eigenvalue weighted by molar-refractivity contribution is 5.54. The van der Waals surface area contributed by atoms with Crippen molar-refractivity contribution < 1.29 is 9.15 Å². The molecule has 0 unspecified atom stereocenters. The van der Waals surface area contributed by atoms with Gasteiger partial charge in [0.15, 0.2) is 0 Å². The van der Waals surface area contributed by atoms with Crippen LogP contribution >= 0.6 is 0 Å². The molecule has 3 aromatic heterocycles. The smallest absolute Gasteiger partial charge is 0.118 e. The average Bonchev–Trinajstić information content (AvgIpc) is 3.47. The lowest BCUT2D eigenvalue weighted by Crippen LogP contribution is -2.37. The van der Waals surface area contributed by atoms with E-state index in [2.05, 4.69) is 31.2 Å². The molecule has 1 saturated carbocycles. The summed E-state index contributed by atoms with van der Waals surface area (Å²) >= 11 is 0. The standard InChI is InChI=1S/C21H26N6O2/c1-14-3-4-18(29-14)11-26-9-15-5-20(21(28-2)6-16(15)10-26)27-12-19(24-25-27)17-7-22-13-23-8-17/h3-4,7-8,12-13,15-16,20-21H,5-6,9-11H2,1-2H3/t15-,16+,20-,21-/m1/s1. The number of fused-ring (bicyclic) bond motifs is 1. The molecule has 8 nitrogen and oxygen atoms in total. The summed E-state index contributed by atoms with van der Waals surface area (Å²) in [5, 5.41) is 8.76. The molecule has 0 spiro atoms. The molecule has 0 bridgehead atoms. The fourth-order valence-corrected chi connectivity index (χ4v) is 4.94. The van der Waals surface area contributed by atoms with Crippen LogP contribution in [0.1, 0.15) is 30.4 Å². The van der Waals surface area contributed by atoms with Crippen molar-refractivity contribution in [3.63, 3.8) is 0 Å². The summed E-state index contributed by atoms with van der Waals surface area (Å²) in [7, 11) is 1.80. The summed E-state index contributed by atoms with van der Waals surface area (Å²) in [6.07, 6.45) is 9.27. The predicted molar refractivity (Wildman–Crippen MR) is 106 cm³/mol. The van der Waals surface area contributed by atoms with E-state index in [0.29, 0.717) is 11.8 Å². The van der Waals surface area contributed by atoms with Crippen LogP contribution in [0.25, 0.3) is 11.3 Å². The minimum absolute atomic E-state index is 0.142. The number of hydrogen-bond acceptors (Lipinski definition) is 7. The molecule has 0 N–H and O–H groups in total. The number of hydrogen-bond donors (Lipinski definition) is 0. The van der Waals surface area contributed by atoms with Gasteiger partial charge < -0.3 is 9.15 Å². The molecule has 0 amide bonds. The van der Waals surface area contributed by atoms with Crippen molar-refractivity contribution >= 4 is 0 Å². The summed E-state index contributed by atoms with van der Waals surface area (Å²) in [5.74, 6) is 3.31. The Morgan fingerprint density at radius 2 is 1.93 bits per heavy atom. The van der Waals surface area contributed by atoms with Gasteiger partial charge in [0.2, 0.25) is 0 Å². The van der Waals surface area contributed by atoms with Gasteiger partial charge in [0.1, 0.15) is 23.5 Å². The van der Waals surface area contributed by atoms with Crippen LogP contribution in [0.4, 0.5) is 0 Å². The number of rotatable bonds is 5. The van der Waals surface area contributed by atoms with E-state index in [9.17, 15) is 0 Å². The third-order valence-corrected chi connectivity index (χ3v) is 6.35. The van der Waals surface area contributed by atoms with E-state index < -0.39 is 0 Å². The van der Waals surface area contributed by atoms with E-state index >= 15 is 0 Å². The van der Waals surface area contributed by atoms with Crippen molar-refractivity contribution in [3.8, 4) is 11.3 Å². The Balaban J connectivity index is 1.30. The fourth-order valence-electron chi connectivity index (χ4n) is 4.94. The highest BCUT2D eigenvalue weighted by atomic mass is 16.5. The zero-order valence-electron chi connectivity index (χ0n) is 16.8. The molecule has 2 aliphatic rings. The van der Waals surface area contributed by atoms with Crippen LogP contribution in [0.5, 0.6) is 0 Å². The Morgan fingerprint density at radius 3 is 2.66 bits per heavy atom. The van der Waals surface area contributed by atoms with Crippen molar-refractivity contribution in [2.24, 2.45) is 11.8 Å². The highest BCUT2D eigenvalue weighted by Gasteiger charge is 2.43. The van der Waals surface area contributed by atoms with E-state index in [-0.39, 0.29) is 12.1 Å². The van der Waals surface area contributed by atoms with E-state index in [1.807, 2.05) is 23.9 Å². The number of aryl methyl sites for hydroxylation is 1. The Kier molecular flexibility index (Phi) is 4.89. The summed E-state index contributed by atoms with van der Waals surface area (Å²) in [6.45, 7) is 5.06. The maximum absolute atomic E-state index is 5.89. The minimum Gasteiger partial charge on any atom is -0.465 e. The molecule has 29 heavy (non-hydrogen) atoms. The Hall–Kier alpha value is -2.58. The lowest BCUT2D eigenvalue weighted by Gasteiger charge is -2.37. The summed E-state index contributed by atoms with van der Waals surface area (Å²) in [5.41, 5.74) is 1.67. The molecule has 3 aromatic rings. The van der Waals surface area contributed by atoms with E-state index in [1.165, 1.54) is 6.33 Å². The lowest BCUT2D eigenvalue weighted by molar-refractivity contribution is -0.00545. The van der Waals surface area contributed by atoms with Crippen LogP contribution in [-0.2, 0) is 11.3 Å². The highest BCUT2D eigenvalue weighted by Crippen LogP contribution is 2.42. The second kappa shape index (κ2) is 7.68. The molecular weight excluding hydrogens is 368 g/mol. The molecular formula is C21H26N6O2. The number of likely N-dealkylation sites (tertiary alicyclic amines) is 1. The first-order chi connectivity index (χ1) is 14.2. The molecule has 8 heteroatoms. The molecule has 5 rings (SSSR count). The molecule has 4 atom stereocenters. The molecule has 1 aliphatic carbocycles. The van der Waals surface area contributed by atoms with Gasteiger partial charge >= 0.3 is 0 Å². The molecule has 4 heterocycles. The monoisotopic (exact) mass is 394 g/mol. The van der Waals surface area contributed by atoms with Gasteiger partial charge in [0.25, 0.3) is 0 Å². The number of ether oxygens (including phenoxy) is 1. The van der Waals surface area contributed by atoms with Crippen molar-refractivity contribution in [1.29, 1.82) is 0 Å². The zero-order chi connectivity index (χ0) is 19.8. The van der Waals surface area contributed by atoms with Gasteiger partial charge in [-0.25, -0.2) is 14.6 Å². The minimum atomic E-state index is 0.142. The average molecular weight is 394 g/mol. The number of nitrogens with zero attached hydrogens (tertiary/aromatic N) is 6. The third kappa shape index (κ3) is 3.70. The van der Waals surface area contributed by atoms with E-state index in [1.54, 1.807) is 19.5 Å². The largest absolute Gasteiger partial charge is 0.465 e. The first-order valence-electron chi connectivity index (χ1n) is 10.2. The van der Waals surface area contributed by atoms with Crippen molar-refractivity contribution in [3.05, 3.63) is 48.6 Å². The van der Waals surface area contributed by atoms with Crippen LogP contribution < -0.4 is 0 Å². The van der Waals surface area contributed by atoms with Crippen molar-refractivity contribution in [2.75, 3.05) is 20.2 Å². The summed E-state index contributed by atoms with van der Waals surface area (Å²) < 4.78 is 13.6. The summed E-state index contributed by atoms with van der Waals surface area (Å²) in [4.78, 5) is 10.7. The van der Waals surface area contributed by atoms with Crippen LogP contribution in [-0.4, -0.2) is 56.2 Å². The molecule has 1 aliphatic heterocycles. The third-order valence-electron chi connectivity index (χ3n) is 6.35. The molecule has 0 aromatic carbocycles. The maximum atomic E-state index is 5.89. The summed E-state index contributed by atoms with van der Waals surface area (Å²) in [6, 6.07) is 4.32. The Morgan fingerprint density at radius 1 is 1.14 bits per heavy atom. The number of methoxy groups -OCH3 is 1. The van der Waals surface area contributed by atoms with Crippen molar-refractivity contribution in [1.82, 2.24) is 29.9 Å². The fraction of sp³-hybridized carbons (Fsp3) is 0.524. The van der Waals surface area contributed by atoms with Gasteiger partial charge in [-0.15, -0.1) is 5.10 Å². The molecule has 0 radical (unpaired) electrons. The Bertz CT molecular complexity index is 955. The number of furan rings is 1. The molecule has 152 valence electrons. The van der Waals surface area contributed by atoms with Crippen LogP contribution in [0.3, 0.4) is 0 Å². The van der Waals surface area contributed by atoms with Gasteiger partial charge in [-0.05, 0) is 43.7 Å². The lowest BCUT2D eigenvalue weighted by atomic mass is 9.77. The van der Waals surface area contributed by atoms with Gasteiger partial charge in [-0.1, -0.05) is 5.21 Å². The van der Waals surface area contributed by atoms with Crippen molar-refractivity contribution in [2.45, 2.75) is 38.5 Å². The second-order valence-electron chi connectivity index (χ2n) is 8.25. The first-order valence-corrected chi connectivity index (χ1v) is 10.2. The zero-order valence-corrected chi connectivity index (χ0v) is 16.8. The maximum Gasteiger partial charge on any atom is 0.118 e. The number of aromatic nitrogens is 5. The molecule has 2 fully saturated rings. The normalized spacial score (nSPS) is 27.2. The topological polar surface area (TPSA) is 82.1 Å². The first kappa shape index (κ1) is 18.4. The van der Waals surface area contributed by atoms with E-state index in [4.69, 9.17) is 9.15 Å². The second-order valence-corrected chi connectivity index (χ2v) is 8.25. The molecule has 1 saturated heterocycles. The van der Waals surface area contributed by atoms with Gasteiger partial charge in [-0.3, -0.25) is 4.90 Å². The SMILES string of the molecule is CO[C@@H]1C[C@H]2CN(Cc3ccc(C)o3)C[C@H]2C[C@H]1n1cc(-c2cncnc2)nn1. The van der Waals surface area contributed by atoms with Gasteiger partial charge in [-0.2, -0.15) is 0 Å². The Labute approximate surface area is 169 Å².